The monoisotopic (exact) mass is 187 g/mol. The molecular weight excluding hydrogens is 174 g/mol. The fourth-order valence-corrected chi connectivity index (χ4v) is 1.33. The Balaban J connectivity index is 2.34. The standard InChI is InChI=1S/C11H13N3/c1-2-10-7-13-11(14-10)8-3-5-9(12)6-4-8/h3-7H,2,12H2,1H3,(H,13,14). The number of nitrogens with zero attached hydrogens (tertiary/aromatic N) is 1. The number of aryl methyl sites for hydroxylation is 1. The third kappa shape index (κ3) is 1.62. The molecule has 14 heavy (non-hydrogen) atoms. The Labute approximate surface area is 83.0 Å². The van der Waals surface area contributed by atoms with Crippen LogP contribution in [0.1, 0.15) is 12.6 Å². The lowest BCUT2D eigenvalue weighted by atomic mass is 10.2. The van der Waals surface area contributed by atoms with Crippen molar-refractivity contribution in [1.29, 1.82) is 0 Å². The minimum atomic E-state index is 0.774. The van der Waals surface area contributed by atoms with E-state index in [0.717, 1.165) is 29.2 Å². The SMILES string of the molecule is CCc1c[nH]c(-c2ccc(N)cc2)n1. The highest BCUT2D eigenvalue weighted by molar-refractivity contribution is 5.58. The molecule has 1 heterocycles. The third-order valence-electron chi connectivity index (χ3n) is 2.18. The van der Waals surface area contributed by atoms with Gasteiger partial charge in [-0.1, -0.05) is 6.92 Å². The van der Waals surface area contributed by atoms with Gasteiger partial charge in [-0.25, -0.2) is 4.98 Å². The molecule has 3 heteroatoms. The van der Waals surface area contributed by atoms with Gasteiger partial charge < -0.3 is 10.7 Å². The molecule has 0 spiro atoms. The second-order valence-corrected chi connectivity index (χ2v) is 3.22. The average molecular weight is 187 g/mol. The molecule has 0 radical (unpaired) electrons. The van der Waals surface area contributed by atoms with E-state index in [0.29, 0.717) is 0 Å². The molecule has 1 aromatic carbocycles. The van der Waals surface area contributed by atoms with Crippen molar-refractivity contribution in [2.45, 2.75) is 13.3 Å². The van der Waals surface area contributed by atoms with Crippen LogP contribution >= 0.6 is 0 Å². The maximum atomic E-state index is 5.61. The summed E-state index contributed by atoms with van der Waals surface area (Å²) >= 11 is 0. The van der Waals surface area contributed by atoms with E-state index in [1.54, 1.807) is 0 Å². The van der Waals surface area contributed by atoms with Gasteiger partial charge in [0.2, 0.25) is 0 Å². The summed E-state index contributed by atoms with van der Waals surface area (Å²) < 4.78 is 0. The number of nitrogens with one attached hydrogen (secondary N) is 1. The van der Waals surface area contributed by atoms with Crippen molar-refractivity contribution < 1.29 is 0 Å². The van der Waals surface area contributed by atoms with E-state index in [9.17, 15) is 0 Å². The van der Waals surface area contributed by atoms with Crippen molar-refractivity contribution in [3.8, 4) is 11.4 Å². The van der Waals surface area contributed by atoms with Crippen molar-refractivity contribution in [1.82, 2.24) is 9.97 Å². The van der Waals surface area contributed by atoms with Crippen molar-refractivity contribution in [2.75, 3.05) is 5.73 Å². The highest BCUT2D eigenvalue weighted by Crippen LogP contribution is 2.17. The van der Waals surface area contributed by atoms with Gasteiger partial charge in [0, 0.05) is 17.4 Å². The van der Waals surface area contributed by atoms with Gasteiger partial charge in [-0.05, 0) is 30.7 Å². The molecule has 1 aromatic heterocycles. The Kier molecular flexibility index (Phi) is 2.23. The van der Waals surface area contributed by atoms with E-state index in [-0.39, 0.29) is 0 Å². The minimum absolute atomic E-state index is 0.774. The molecule has 0 atom stereocenters. The minimum Gasteiger partial charge on any atom is -0.399 e. The van der Waals surface area contributed by atoms with E-state index >= 15 is 0 Å². The number of hydrogen-bond acceptors (Lipinski definition) is 2. The van der Waals surface area contributed by atoms with Crippen LogP contribution in [0, 0.1) is 0 Å². The summed E-state index contributed by atoms with van der Waals surface area (Å²) in [7, 11) is 0. The van der Waals surface area contributed by atoms with Gasteiger partial charge in [-0.2, -0.15) is 0 Å². The summed E-state index contributed by atoms with van der Waals surface area (Å²) in [6.45, 7) is 2.09. The quantitative estimate of drug-likeness (QED) is 0.708. The predicted octanol–water partition coefficient (Wildman–Crippen LogP) is 2.22. The number of imidazole rings is 1. The summed E-state index contributed by atoms with van der Waals surface area (Å²) in [5.41, 5.74) is 8.53. The maximum absolute atomic E-state index is 5.61. The number of anilines is 1. The van der Waals surface area contributed by atoms with Gasteiger partial charge in [0.05, 0.1) is 5.69 Å². The number of nitrogens with two attached hydrogens (primary N) is 1. The molecule has 2 rings (SSSR count). The van der Waals surface area contributed by atoms with Gasteiger partial charge in [0.25, 0.3) is 0 Å². The maximum Gasteiger partial charge on any atom is 0.137 e. The van der Waals surface area contributed by atoms with E-state index in [1.807, 2.05) is 30.5 Å². The fraction of sp³-hybridized carbons (Fsp3) is 0.182. The lowest BCUT2D eigenvalue weighted by Crippen LogP contribution is -1.85. The van der Waals surface area contributed by atoms with Crippen LogP contribution in [0.2, 0.25) is 0 Å². The first-order valence-electron chi connectivity index (χ1n) is 4.70. The summed E-state index contributed by atoms with van der Waals surface area (Å²) in [6.07, 6.45) is 2.89. The summed E-state index contributed by atoms with van der Waals surface area (Å²) in [5, 5.41) is 0. The van der Waals surface area contributed by atoms with Crippen LogP contribution in [0.5, 0.6) is 0 Å². The van der Waals surface area contributed by atoms with E-state index in [2.05, 4.69) is 16.9 Å². The lowest BCUT2D eigenvalue weighted by molar-refractivity contribution is 1.07. The second-order valence-electron chi connectivity index (χ2n) is 3.22. The summed E-state index contributed by atoms with van der Waals surface area (Å²) in [5.74, 6) is 0.904. The number of aromatic nitrogens is 2. The molecule has 0 amide bonds. The number of aromatic amines is 1. The Hall–Kier alpha value is -1.77. The predicted molar refractivity (Wildman–Crippen MR) is 57.8 cm³/mol. The normalized spacial score (nSPS) is 10.4. The van der Waals surface area contributed by atoms with Gasteiger partial charge in [-0.3, -0.25) is 0 Å². The van der Waals surface area contributed by atoms with Crippen LogP contribution in [-0.4, -0.2) is 9.97 Å². The van der Waals surface area contributed by atoms with Crippen LogP contribution < -0.4 is 5.73 Å². The lowest BCUT2D eigenvalue weighted by Gasteiger charge is -1.96. The number of benzene rings is 1. The Bertz CT molecular complexity index is 414. The first-order chi connectivity index (χ1) is 6.79. The van der Waals surface area contributed by atoms with Crippen molar-refractivity contribution in [3.63, 3.8) is 0 Å². The van der Waals surface area contributed by atoms with E-state index in [4.69, 9.17) is 5.73 Å². The number of H-pyrrole nitrogens is 1. The molecule has 0 fully saturated rings. The molecule has 0 saturated heterocycles. The summed E-state index contributed by atoms with van der Waals surface area (Å²) in [6, 6.07) is 7.69. The van der Waals surface area contributed by atoms with Crippen LogP contribution in [0.4, 0.5) is 5.69 Å². The average Bonchev–Trinajstić information content (AvgIpc) is 2.67. The second kappa shape index (κ2) is 3.54. The highest BCUT2D eigenvalue weighted by Gasteiger charge is 2.01. The molecule has 0 bridgehead atoms. The third-order valence-corrected chi connectivity index (χ3v) is 2.18. The first-order valence-corrected chi connectivity index (χ1v) is 4.70. The van der Waals surface area contributed by atoms with Crippen molar-refractivity contribution in [3.05, 3.63) is 36.2 Å². The smallest absolute Gasteiger partial charge is 0.137 e. The Morgan fingerprint density at radius 3 is 2.57 bits per heavy atom. The van der Waals surface area contributed by atoms with E-state index < -0.39 is 0 Å². The molecule has 72 valence electrons. The van der Waals surface area contributed by atoms with E-state index in [1.165, 1.54) is 0 Å². The summed E-state index contributed by atoms with van der Waals surface area (Å²) in [4.78, 5) is 7.57. The first kappa shape index (κ1) is 8.81. The molecule has 0 unspecified atom stereocenters. The molecule has 0 aliphatic heterocycles. The topological polar surface area (TPSA) is 54.7 Å². The van der Waals surface area contributed by atoms with Gasteiger partial charge in [0.1, 0.15) is 5.82 Å². The van der Waals surface area contributed by atoms with Crippen LogP contribution in [0.3, 0.4) is 0 Å². The zero-order valence-corrected chi connectivity index (χ0v) is 8.12. The Morgan fingerprint density at radius 2 is 2.00 bits per heavy atom. The van der Waals surface area contributed by atoms with Crippen LogP contribution in [-0.2, 0) is 6.42 Å². The van der Waals surface area contributed by atoms with Crippen LogP contribution in [0.25, 0.3) is 11.4 Å². The van der Waals surface area contributed by atoms with Gasteiger partial charge in [0.15, 0.2) is 0 Å². The molecule has 3 nitrogen and oxygen atoms in total. The zero-order valence-electron chi connectivity index (χ0n) is 8.12. The van der Waals surface area contributed by atoms with Crippen molar-refractivity contribution >= 4 is 5.69 Å². The number of rotatable bonds is 2. The largest absolute Gasteiger partial charge is 0.399 e. The zero-order chi connectivity index (χ0) is 9.97. The molecule has 0 aliphatic carbocycles. The molecule has 0 saturated carbocycles. The van der Waals surface area contributed by atoms with Gasteiger partial charge in [-0.15, -0.1) is 0 Å². The number of hydrogen-bond donors (Lipinski definition) is 2. The van der Waals surface area contributed by atoms with Gasteiger partial charge >= 0.3 is 0 Å². The molecule has 0 aliphatic rings. The fourth-order valence-electron chi connectivity index (χ4n) is 1.33. The molecule has 3 N–H and O–H groups in total. The molecular formula is C11H13N3. The Morgan fingerprint density at radius 1 is 1.29 bits per heavy atom. The highest BCUT2D eigenvalue weighted by atomic mass is 14.9. The molecule has 2 aromatic rings. The van der Waals surface area contributed by atoms with Crippen molar-refractivity contribution in [2.24, 2.45) is 0 Å². The number of nitrogen functional groups attached to an aromatic ring is 1. The van der Waals surface area contributed by atoms with Crippen LogP contribution in [0.15, 0.2) is 30.5 Å².